The number of rotatable bonds is 5. The molecule has 1 N–H and O–H groups in total. The maximum absolute atomic E-state index is 5.48. The van der Waals surface area contributed by atoms with E-state index < -0.39 is 15.4 Å². The fourth-order valence-electron chi connectivity index (χ4n) is 2.80. The molecule has 1 aliphatic heterocycles. The first kappa shape index (κ1) is 24.9. The normalized spacial score (nSPS) is 23.0. The van der Waals surface area contributed by atoms with E-state index in [4.69, 9.17) is 9.28 Å². The van der Waals surface area contributed by atoms with E-state index in [1.54, 1.807) is 0 Å². The first-order valence-corrected chi connectivity index (χ1v) is 11.2. The van der Waals surface area contributed by atoms with Crippen molar-refractivity contribution in [2.24, 2.45) is 9.28 Å². The molecule has 144 valence electrons. The highest BCUT2D eigenvalue weighted by Gasteiger charge is 2.52. The summed E-state index contributed by atoms with van der Waals surface area (Å²) in [5, 5.41) is 3.76. The molecule has 0 saturated heterocycles. The average Bonchev–Trinajstić information content (AvgIpc) is 2.36. The Morgan fingerprint density at radius 1 is 1.08 bits per heavy atom. The molecule has 1 aliphatic rings. The SMILES string of the molecule is CN(C)P(=N[P+]1(NC(C)(C)C)N=CCCN1C)(N(C)C)N(C)C.I. The number of nitrogens with one attached hydrogen (secondary N) is 1. The van der Waals surface area contributed by atoms with Crippen molar-refractivity contribution in [2.75, 3.05) is 55.9 Å². The van der Waals surface area contributed by atoms with Gasteiger partial charge in [0, 0.05) is 25.6 Å². The van der Waals surface area contributed by atoms with Crippen LogP contribution in [0.3, 0.4) is 0 Å². The quantitative estimate of drug-likeness (QED) is 0.469. The van der Waals surface area contributed by atoms with Crippen molar-refractivity contribution in [3.8, 4) is 0 Å². The van der Waals surface area contributed by atoms with Crippen LogP contribution in [0.15, 0.2) is 9.28 Å². The minimum Gasteiger partial charge on any atom is -0.249 e. The van der Waals surface area contributed by atoms with Crippen LogP contribution in [0.5, 0.6) is 0 Å². The van der Waals surface area contributed by atoms with Crippen LogP contribution in [0.1, 0.15) is 27.2 Å². The molecule has 10 heteroatoms. The van der Waals surface area contributed by atoms with Crippen LogP contribution in [0.2, 0.25) is 0 Å². The number of halogens is 1. The molecule has 0 spiro atoms. The lowest BCUT2D eigenvalue weighted by molar-refractivity contribution is 0.461. The highest BCUT2D eigenvalue weighted by Crippen LogP contribution is 2.72. The van der Waals surface area contributed by atoms with Crippen LogP contribution in [-0.2, 0) is 0 Å². The van der Waals surface area contributed by atoms with Gasteiger partial charge in [0.2, 0.25) is 7.51 Å². The van der Waals surface area contributed by atoms with Gasteiger partial charge >= 0.3 is 7.87 Å². The molecule has 0 saturated carbocycles. The van der Waals surface area contributed by atoms with E-state index in [-0.39, 0.29) is 29.5 Å². The molecular formula is C14H37IN7P2+. The third-order valence-electron chi connectivity index (χ3n) is 3.64. The lowest BCUT2D eigenvalue weighted by Gasteiger charge is -2.42. The lowest BCUT2D eigenvalue weighted by Crippen LogP contribution is -2.42. The van der Waals surface area contributed by atoms with Crippen LogP contribution in [0.4, 0.5) is 0 Å². The molecule has 0 fully saturated rings. The summed E-state index contributed by atoms with van der Waals surface area (Å²) < 4.78 is 19.5. The summed E-state index contributed by atoms with van der Waals surface area (Å²) in [5.41, 5.74) is -0.0547. The second-order valence-electron chi connectivity index (χ2n) is 7.57. The first-order chi connectivity index (χ1) is 10.4. The first-order valence-electron chi connectivity index (χ1n) is 7.99. The van der Waals surface area contributed by atoms with Crippen LogP contribution in [-0.4, -0.2) is 86.3 Å². The molecule has 0 aromatic rings. The third-order valence-corrected chi connectivity index (χ3v) is 11.4. The predicted molar refractivity (Wildman–Crippen MR) is 121 cm³/mol. The monoisotopic (exact) mass is 492 g/mol. The molecule has 1 heterocycles. The van der Waals surface area contributed by atoms with E-state index in [9.17, 15) is 0 Å². The van der Waals surface area contributed by atoms with E-state index in [2.05, 4.69) is 93.9 Å². The van der Waals surface area contributed by atoms with E-state index in [1.165, 1.54) is 0 Å². The summed E-state index contributed by atoms with van der Waals surface area (Å²) in [6.07, 6.45) is 3.03. The van der Waals surface area contributed by atoms with Crippen molar-refractivity contribution in [3.05, 3.63) is 0 Å². The lowest BCUT2D eigenvalue weighted by atomic mass is 10.1. The Kier molecular flexibility index (Phi) is 9.51. The fourth-order valence-corrected chi connectivity index (χ4v) is 11.2. The minimum absolute atomic E-state index is 0. The summed E-state index contributed by atoms with van der Waals surface area (Å²) in [6.45, 7) is 7.54. The van der Waals surface area contributed by atoms with Gasteiger partial charge in [0.05, 0.1) is 6.21 Å². The van der Waals surface area contributed by atoms with Gasteiger partial charge in [0.25, 0.3) is 0 Å². The van der Waals surface area contributed by atoms with Gasteiger partial charge in [-0.25, -0.2) is 14.0 Å². The fraction of sp³-hybridized carbons (Fsp3) is 0.929. The van der Waals surface area contributed by atoms with Gasteiger partial charge in [0.15, 0.2) is 0 Å². The van der Waals surface area contributed by atoms with Crippen molar-refractivity contribution in [1.29, 1.82) is 0 Å². The zero-order valence-electron chi connectivity index (χ0n) is 17.0. The molecule has 1 atom stereocenters. The van der Waals surface area contributed by atoms with Gasteiger partial charge < -0.3 is 0 Å². The summed E-state index contributed by atoms with van der Waals surface area (Å²) in [7, 11) is 10.6. The molecular weight excluding hydrogens is 455 g/mol. The Bertz CT molecular complexity index is 459. The molecule has 0 amide bonds. The molecule has 0 bridgehead atoms. The number of hydrogen-bond acceptors (Lipinski definition) is 4. The Hall–Kier alpha value is 0.860. The van der Waals surface area contributed by atoms with Gasteiger partial charge in [-0.1, -0.05) is 4.76 Å². The van der Waals surface area contributed by atoms with Crippen LogP contribution in [0, 0.1) is 0 Å². The molecule has 1 unspecified atom stereocenters. The largest absolute Gasteiger partial charge is 0.399 e. The average molecular weight is 492 g/mol. The molecule has 7 nitrogen and oxygen atoms in total. The number of hydrogen-bond donors (Lipinski definition) is 1. The van der Waals surface area contributed by atoms with Crippen LogP contribution < -0.4 is 5.09 Å². The maximum atomic E-state index is 5.48. The minimum atomic E-state index is -2.18. The molecule has 24 heavy (non-hydrogen) atoms. The highest BCUT2D eigenvalue weighted by atomic mass is 127. The molecule has 0 aliphatic carbocycles. The standard InChI is InChI=1S/C14H36N7P2.HI/c1-14(2,3)16-22(15-12-11-13-21(22)10)17-23(18(4)5,19(6)7)20(8)9;/h12,16H,11,13H2,1-10H3;1H/q+1;. The van der Waals surface area contributed by atoms with Crippen molar-refractivity contribution in [1.82, 2.24) is 23.8 Å². The van der Waals surface area contributed by atoms with Gasteiger partial charge in [-0.3, -0.25) is 0 Å². The smallest absolute Gasteiger partial charge is 0.249 e. The second-order valence-corrected chi connectivity index (χ2v) is 14.0. The van der Waals surface area contributed by atoms with Crippen molar-refractivity contribution >= 4 is 45.6 Å². The summed E-state index contributed by atoms with van der Waals surface area (Å²) in [5.74, 6) is 0. The summed E-state index contributed by atoms with van der Waals surface area (Å²) in [4.78, 5) is 0. The zero-order valence-corrected chi connectivity index (χ0v) is 21.1. The van der Waals surface area contributed by atoms with Gasteiger partial charge in [-0.05, 0) is 67.6 Å². The van der Waals surface area contributed by atoms with Gasteiger partial charge in [-0.15, -0.1) is 33.7 Å². The topological polar surface area (TPSA) is 49.7 Å². The molecule has 0 aromatic heterocycles. The summed E-state index contributed by atoms with van der Waals surface area (Å²) >= 11 is 0. The van der Waals surface area contributed by atoms with Gasteiger partial charge in [-0.2, -0.15) is 0 Å². The molecule has 0 aromatic carbocycles. The highest BCUT2D eigenvalue weighted by molar-refractivity contribution is 14.0. The van der Waals surface area contributed by atoms with Crippen molar-refractivity contribution in [3.63, 3.8) is 0 Å². The Balaban J connectivity index is 0.00000529. The third kappa shape index (κ3) is 5.43. The molecule has 0 radical (unpaired) electrons. The Morgan fingerprint density at radius 2 is 1.54 bits per heavy atom. The maximum Gasteiger partial charge on any atom is 0.399 e. The van der Waals surface area contributed by atoms with Crippen LogP contribution >= 0.6 is 39.3 Å². The Morgan fingerprint density at radius 3 is 1.88 bits per heavy atom. The zero-order chi connectivity index (χ0) is 18.1. The van der Waals surface area contributed by atoms with E-state index in [1.807, 2.05) is 6.21 Å². The van der Waals surface area contributed by atoms with Crippen molar-refractivity contribution < 1.29 is 0 Å². The van der Waals surface area contributed by atoms with Gasteiger partial charge in [0.1, 0.15) is 0 Å². The predicted octanol–water partition coefficient (Wildman–Crippen LogP) is 3.71. The van der Waals surface area contributed by atoms with Crippen molar-refractivity contribution in [2.45, 2.75) is 32.7 Å². The number of nitrogens with zero attached hydrogens (tertiary/aromatic N) is 6. The Labute approximate surface area is 167 Å². The second kappa shape index (κ2) is 9.18. The van der Waals surface area contributed by atoms with E-state index >= 15 is 0 Å². The van der Waals surface area contributed by atoms with E-state index in [0.29, 0.717) is 0 Å². The van der Waals surface area contributed by atoms with E-state index in [0.717, 1.165) is 13.0 Å². The summed E-state index contributed by atoms with van der Waals surface area (Å²) in [6, 6.07) is 0. The van der Waals surface area contributed by atoms with Crippen LogP contribution in [0.25, 0.3) is 0 Å². The molecule has 1 rings (SSSR count).